The Bertz CT molecular complexity index is 1700. The highest BCUT2D eigenvalue weighted by Crippen LogP contribution is 2.28. The third-order valence-corrected chi connectivity index (χ3v) is 8.21. The molecule has 1 aromatic heterocycles. The van der Waals surface area contributed by atoms with Gasteiger partial charge < -0.3 is 50.3 Å². The van der Waals surface area contributed by atoms with E-state index in [1.807, 2.05) is 31.2 Å². The third-order valence-electron chi connectivity index (χ3n) is 7.19. The fourth-order valence-corrected chi connectivity index (χ4v) is 5.17. The van der Waals surface area contributed by atoms with Gasteiger partial charge in [0.1, 0.15) is 28.6 Å². The van der Waals surface area contributed by atoms with Crippen molar-refractivity contribution in [2.24, 2.45) is 0 Å². The van der Waals surface area contributed by atoms with Gasteiger partial charge in [-0.2, -0.15) is 10.5 Å². The van der Waals surface area contributed by atoms with Gasteiger partial charge in [0.15, 0.2) is 0 Å². The van der Waals surface area contributed by atoms with Crippen molar-refractivity contribution in [3.63, 3.8) is 0 Å². The Hall–Kier alpha value is -5.23. The summed E-state index contributed by atoms with van der Waals surface area (Å²) in [5, 5.41) is 35.8. The monoisotopic (exact) mass is 725 g/mol. The minimum Gasteiger partial charge on any atom is -0.478 e. The lowest BCUT2D eigenvalue weighted by atomic mass is 10.0. The molecule has 0 radical (unpaired) electrons. The lowest BCUT2D eigenvalue weighted by molar-refractivity contribution is -0.00848. The second-order valence-electron chi connectivity index (χ2n) is 10.6. The van der Waals surface area contributed by atoms with Gasteiger partial charge in [0.25, 0.3) is 0 Å². The molecule has 1 heterocycles. The molecule has 0 amide bonds. The Kier molecular flexibility index (Phi) is 18.5. The summed E-state index contributed by atoms with van der Waals surface area (Å²) in [6, 6.07) is 13.1. The fourth-order valence-electron chi connectivity index (χ4n) is 4.35. The molecule has 51 heavy (non-hydrogen) atoms. The molecule has 6 N–H and O–H groups in total. The van der Waals surface area contributed by atoms with Crippen LogP contribution in [-0.2, 0) is 23.7 Å². The second kappa shape index (κ2) is 22.5. The van der Waals surface area contributed by atoms with Crippen LogP contribution >= 0.6 is 11.3 Å². The van der Waals surface area contributed by atoms with E-state index in [4.69, 9.17) is 50.8 Å². The van der Waals surface area contributed by atoms with E-state index in [2.05, 4.69) is 17.9 Å². The lowest BCUT2D eigenvalue weighted by Gasteiger charge is -2.23. The average molecular weight is 726 g/mol. The highest BCUT2D eigenvalue weighted by atomic mass is 32.1. The van der Waals surface area contributed by atoms with Gasteiger partial charge >= 0.3 is 17.9 Å². The zero-order valence-electron chi connectivity index (χ0n) is 28.8. The molecule has 3 aromatic rings. The Balaban J connectivity index is 0.000000694. The van der Waals surface area contributed by atoms with Gasteiger partial charge in [-0.05, 0) is 68.3 Å². The maximum Gasteiger partial charge on any atom is 0.339 e. The van der Waals surface area contributed by atoms with Crippen molar-refractivity contribution in [2.75, 3.05) is 88.9 Å². The first-order valence-electron chi connectivity index (χ1n) is 15.8. The van der Waals surface area contributed by atoms with Gasteiger partial charge in [0, 0.05) is 24.5 Å². The summed E-state index contributed by atoms with van der Waals surface area (Å²) in [6.45, 7) is 10.3. The van der Waals surface area contributed by atoms with E-state index in [0.717, 1.165) is 59.6 Å². The number of benzene rings is 2. The number of likely N-dealkylation sites (N-methyl/N-ethyl adjacent to an activating group) is 1. The van der Waals surface area contributed by atoms with E-state index in [1.54, 1.807) is 6.92 Å². The van der Waals surface area contributed by atoms with Gasteiger partial charge in [-0.25, -0.2) is 14.4 Å². The number of nitrogens with two attached hydrogens (primary N) is 2. The van der Waals surface area contributed by atoms with Gasteiger partial charge in [-0.15, -0.1) is 11.3 Å². The average Bonchev–Trinajstić information content (AvgIpc) is 3.40. The first-order valence-corrected chi connectivity index (χ1v) is 16.7. The molecule has 0 aliphatic heterocycles. The normalized spacial score (nSPS) is 10.4. The second-order valence-corrected chi connectivity index (χ2v) is 11.6. The summed E-state index contributed by atoms with van der Waals surface area (Å²) in [5.74, 6) is -3.59. The molecule has 0 saturated heterocycles. The molecule has 16 heteroatoms. The quantitative estimate of drug-likeness (QED) is 0.0728. The molecular weight excluding hydrogens is 682 g/mol. The number of ether oxygens (including phenoxy) is 5. The molecule has 0 saturated carbocycles. The summed E-state index contributed by atoms with van der Waals surface area (Å²) < 4.78 is 26.9. The van der Waals surface area contributed by atoms with E-state index in [1.165, 1.54) is 0 Å². The van der Waals surface area contributed by atoms with Crippen LogP contribution in [0.15, 0.2) is 36.4 Å². The van der Waals surface area contributed by atoms with Crippen LogP contribution in [0.25, 0.3) is 0 Å². The predicted octanol–water partition coefficient (Wildman–Crippen LogP) is 4.11. The highest BCUT2D eigenvalue weighted by molar-refractivity contribution is 7.16. The molecule has 0 aliphatic rings. The maximum absolute atomic E-state index is 12.2. The van der Waals surface area contributed by atoms with Gasteiger partial charge in [-0.1, -0.05) is 0 Å². The Labute approximate surface area is 300 Å². The molecule has 0 atom stereocenters. The van der Waals surface area contributed by atoms with E-state index in [-0.39, 0.29) is 36.5 Å². The maximum atomic E-state index is 12.2. The van der Waals surface area contributed by atoms with Crippen LogP contribution in [0.3, 0.4) is 0 Å². The number of nitrogens with zero attached hydrogens (tertiary/aromatic N) is 3. The number of esters is 1. The van der Waals surface area contributed by atoms with Crippen LogP contribution in [0.4, 0.5) is 16.4 Å². The number of nitrogen functional groups attached to an aromatic ring is 2. The Morgan fingerprint density at radius 2 is 1.37 bits per heavy atom. The molecule has 15 nitrogen and oxygen atoms in total. The molecular formula is C35H43N5O10S. The van der Waals surface area contributed by atoms with Gasteiger partial charge in [0.2, 0.25) is 0 Å². The molecule has 0 unspecified atom stereocenters. The Morgan fingerprint density at radius 1 is 0.784 bits per heavy atom. The number of carboxylic acid groups (broad SMARTS) is 2. The van der Waals surface area contributed by atoms with Gasteiger partial charge in [0.05, 0.1) is 75.1 Å². The number of rotatable bonds is 20. The largest absolute Gasteiger partial charge is 0.478 e. The standard InChI is InChI=1S/C28H38N2O10.C7H5N3S/c1-3-30(22-5-7-25(29)20(2)18-22)8-9-36-10-11-37-12-13-38-14-15-39-16-17-40-28(35)24-19-21(26(31)32)4-6-23(24)27(33)34;1-4-5(2-8)7(10)11-6(4)3-9/h4-7,18-19H,3,8-17,29H2,1-2H3,(H,31,32)(H,33,34);10H2,1H3. The van der Waals surface area contributed by atoms with Crippen molar-refractivity contribution in [3.8, 4) is 12.1 Å². The third kappa shape index (κ3) is 13.9. The molecule has 0 aliphatic carbocycles. The molecule has 2 aromatic carbocycles. The first kappa shape index (κ1) is 41.9. The van der Waals surface area contributed by atoms with E-state index >= 15 is 0 Å². The molecule has 3 rings (SSSR count). The summed E-state index contributed by atoms with van der Waals surface area (Å²) in [5.41, 5.74) is 14.6. The van der Waals surface area contributed by atoms with Crippen LogP contribution in [-0.4, -0.2) is 101 Å². The van der Waals surface area contributed by atoms with Crippen LogP contribution < -0.4 is 16.4 Å². The van der Waals surface area contributed by atoms with Crippen molar-refractivity contribution in [3.05, 3.63) is 74.7 Å². The van der Waals surface area contributed by atoms with E-state index < -0.39 is 17.9 Å². The minimum absolute atomic E-state index is 0.0668. The fraction of sp³-hybridized carbons (Fsp3) is 0.400. The zero-order chi connectivity index (χ0) is 37.8. The Morgan fingerprint density at radius 3 is 1.84 bits per heavy atom. The summed E-state index contributed by atoms with van der Waals surface area (Å²) in [7, 11) is 0. The summed E-state index contributed by atoms with van der Waals surface area (Å²) >= 11 is 1.16. The molecule has 0 fully saturated rings. The van der Waals surface area contributed by atoms with Crippen molar-refractivity contribution in [2.45, 2.75) is 20.8 Å². The topological polar surface area (TPSA) is 241 Å². The number of aryl methyl sites for hydroxylation is 1. The van der Waals surface area contributed by atoms with E-state index in [0.29, 0.717) is 60.6 Å². The van der Waals surface area contributed by atoms with Crippen LogP contribution in [0.1, 0.15) is 59.6 Å². The number of hydrogen-bond acceptors (Lipinski definition) is 14. The number of thiophene rings is 1. The van der Waals surface area contributed by atoms with Gasteiger partial charge in [-0.3, -0.25) is 0 Å². The molecule has 0 spiro atoms. The number of anilines is 3. The van der Waals surface area contributed by atoms with E-state index in [9.17, 15) is 19.5 Å². The summed E-state index contributed by atoms with van der Waals surface area (Å²) in [4.78, 5) is 37.3. The number of aromatic carboxylic acids is 2. The molecule has 274 valence electrons. The number of carbonyl (C=O) groups excluding carboxylic acids is 1. The van der Waals surface area contributed by atoms with Crippen LogP contribution in [0, 0.1) is 36.5 Å². The summed E-state index contributed by atoms with van der Waals surface area (Å²) in [6.07, 6.45) is 0. The SMILES string of the molecule is CCN(CCOCCOCCOCCOCCOC(=O)c1cc(C(=O)O)ccc1C(=O)O)c1ccc(N)c(C)c1.Cc1c(C#N)sc(N)c1C#N. The smallest absolute Gasteiger partial charge is 0.339 e. The number of carboxylic acids is 2. The van der Waals surface area contributed by atoms with Crippen molar-refractivity contribution < 1.29 is 48.3 Å². The number of nitriles is 2. The van der Waals surface area contributed by atoms with Crippen molar-refractivity contribution in [1.82, 2.24) is 0 Å². The van der Waals surface area contributed by atoms with Crippen LogP contribution in [0.5, 0.6) is 0 Å². The van der Waals surface area contributed by atoms with Crippen LogP contribution in [0.2, 0.25) is 0 Å². The number of hydrogen-bond donors (Lipinski definition) is 4. The first-order chi connectivity index (χ1) is 24.4. The number of carbonyl (C=O) groups is 3. The van der Waals surface area contributed by atoms with Crippen molar-refractivity contribution in [1.29, 1.82) is 10.5 Å². The molecule has 0 bridgehead atoms. The minimum atomic E-state index is -1.36. The lowest BCUT2D eigenvalue weighted by Crippen LogP contribution is -2.27. The predicted molar refractivity (Wildman–Crippen MR) is 190 cm³/mol. The highest BCUT2D eigenvalue weighted by Gasteiger charge is 2.20. The zero-order valence-corrected chi connectivity index (χ0v) is 29.6. The van der Waals surface area contributed by atoms with Crippen molar-refractivity contribution >= 4 is 45.6 Å².